The highest BCUT2D eigenvalue weighted by Crippen LogP contribution is 2.18. The Kier molecular flexibility index (Phi) is 5.41. The van der Waals surface area contributed by atoms with Gasteiger partial charge in [0.2, 0.25) is 11.8 Å². The van der Waals surface area contributed by atoms with Gasteiger partial charge < -0.3 is 16.4 Å². The van der Waals surface area contributed by atoms with Gasteiger partial charge in [-0.25, -0.2) is 0 Å². The van der Waals surface area contributed by atoms with Crippen molar-refractivity contribution in [2.24, 2.45) is 11.7 Å². The lowest BCUT2D eigenvalue weighted by molar-refractivity contribution is -0.127. The molecule has 2 atom stereocenters. The van der Waals surface area contributed by atoms with Gasteiger partial charge in [0.25, 0.3) is 0 Å². The number of nitrogens with one attached hydrogen (secondary N) is 2. The molecule has 0 heterocycles. The molecule has 1 saturated carbocycles. The van der Waals surface area contributed by atoms with Crippen LogP contribution in [0.1, 0.15) is 39.5 Å². The summed E-state index contributed by atoms with van der Waals surface area (Å²) in [5.41, 5.74) is 5.61. The molecule has 1 aliphatic carbocycles. The Morgan fingerprint density at radius 2 is 1.94 bits per heavy atom. The van der Waals surface area contributed by atoms with E-state index in [4.69, 9.17) is 5.73 Å². The number of carbonyl (C=O) groups excluding carboxylic acids is 2. The monoisotopic (exact) mass is 241 g/mol. The van der Waals surface area contributed by atoms with Gasteiger partial charge in [-0.05, 0) is 19.8 Å². The van der Waals surface area contributed by atoms with Crippen LogP contribution in [-0.2, 0) is 9.59 Å². The third-order valence-corrected chi connectivity index (χ3v) is 3.33. The Balaban J connectivity index is 2.47. The standard InChI is InChI=1S/C12H23N3O2/c1-8(14-9(2)16)11(7-13)12(17)15-10-5-3-4-6-10/h8,10-11H,3-7,13H2,1-2H3,(H,14,16)(H,15,17). The fraction of sp³-hybridized carbons (Fsp3) is 0.833. The molecule has 1 rings (SSSR count). The molecule has 2 unspecified atom stereocenters. The molecule has 0 aliphatic heterocycles. The molecule has 0 aromatic heterocycles. The van der Waals surface area contributed by atoms with Gasteiger partial charge in [-0.2, -0.15) is 0 Å². The van der Waals surface area contributed by atoms with E-state index in [9.17, 15) is 9.59 Å². The summed E-state index contributed by atoms with van der Waals surface area (Å²) in [7, 11) is 0. The summed E-state index contributed by atoms with van der Waals surface area (Å²) >= 11 is 0. The van der Waals surface area contributed by atoms with Crippen LogP contribution in [0.4, 0.5) is 0 Å². The van der Waals surface area contributed by atoms with Crippen molar-refractivity contribution in [3.05, 3.63) is 0 Å². The predicted molar refractivity (Wildman–Crippen MR) is 66.2 cm³/mol. The highest BCUT2D eigenvalue weighted by atomic mass is 16.2. The van der Waals surface area contributed by atoms with Crippen molar-refractivity contribution in [2.45, 2.75) is 51.6 Å². The number of amides is 2. The highest BCUT2D eigenvalue weighted by Gasteiger charge is 2.27. The first-order valence-electron chi connectivity index (χ1n) is 6.32. The van der Waals surface area contributed by atoms with E-state index in [1.807, 2.05) is 6.92 Å². The van der Waals surface area contributed by atoms with Gasteiger partial charge in [-0.3, -0.25) is 9.59 Å². The average molecular weight is 241 g/mol. The SMILES string of the molecule is CC(=O)NC(C)C(CN)C(=O)NC1CCCC1. The minimum Gasteiger partial charge on any atom is -0.353 e. The summed E-state index contributed by atoms with van der Waals surface area (Å²) in [5, 5.41) is 5.73. The minimum atomic E-state index is -0.348. The Bertz CT molecular complexity index is 275. The fourth-order valence-corrected chi connectivity index (χ4v) is 2.34. The van der Waals surface area contributed by atoms with Gasteiger partial charge in [0.1, 0.15) is 0 Å². The lowest BCUT2D eigenvalue weighted by Crippen LogP contribution is -2.49. The molecular weight excluding hydrogens is 218 g/mol. The molecule has 0 bridgehead atoms. The molecule has 98 valence electrons. The minimum absolute atomic E-state index is 0.0411. The van der Waals surface area contributed by atoms with Crippen LogP contribution >= 0.6 is 0 Å². The number of hydrogen-bond donors (Lipinski definition) is 3. The van der Waals surface area contributed by atoms with Crippen molar-refractivity contribution in [3.63, 3.8) is 0 Å². The van der Waals surface area contributed by atoms with Gasteiger partial charge in [0.15, 0.2) is 0 Å². The quantitative estimate of drug-likeness (QED) is 0.640. The highest BCUT2D eigenvalue weighted by molar-refractivity contribution is 5.81. The van der Waals surface area contributed by atoms with E-state index < -0.39 is 0 Å². The number of nitrogens with two attached hydrogens (primary N) is 1. The predicted octanol–water partition coefficient (Wildman–Crippen LogP) is 0.145. The molecule has 0 aromatic rings. The van der Waals surface area contributed by atoms with E-state index in [0.29, 0.717) is 6.04 Å². The van der Waals surface area contributed by atoms with Crippen LogP contribution in [0.3, 0.4) is 0 Å². The van der Waals surface area contributed by atoms with E-state index in [2.05, 4.69) is 10.6 Å². The zero-order valence-electron chi connectivity index (χ0n) is 10.7. The molecule has 1 aliphatic rings. The van der Waals surface area contributed by atoms with Gasteiger partial charge in [-0.1, -0.05) is 12.8 Å². The van der Waals surface area contributed by atoms with Crippen molar-refractivity contribution in [2.75, 3.05) is 6.54 Å². The van der Waals surface area contributed by atoms with Crippen LogP contribution in [0.25, 0.3) is 0 Å². The topological polar surface area (TPSA) is 84.2 Å². The van der Waals surface area contributed by atoms with Crippen LogP contribution in [0.2, 0.25) is 0 Å². The molecule has 2 amide bonds. The first kappa shape index (κ1) is 14.0. The van der Waals surface area contributed by atoms with Gasteiger partial charge in [0.05, 0.1) is 5.92 Å². The lowest BCUT2D eigenvalue weighted by Gasteiger charge is -2.24. The van der Waals surface area contributed by atoms with Crippen LogP contribution in [0, 0.1) is 5.92 Å². The van der Waals surface area contributed by atoms with Crippen molar-refractivity contribution < 1.29 is 9.59 Å². The average Bonchev–Trinajstić information content (AvgIpc) is 2.70. The van der Waals surface area contributed by atoms with Crippen LogP contribution in [0.5, 0.6) is 0 Å². The summed E-state index contributed by atoms with van der Waals surface area (Å²) in [6.45, 7) is 3.51. The fourth-order valence-electron chi connectivity index (χ4n) is 2.34. The molecule has 0 spiro atoms. The third-order valence-electron chi connectivity index (χ3n) is 3.33. The third kappa shape index (κ3) is 4.34. The van der Waals surface area contributed by atoms with Crippen LogP contribution < -0.4 is 16.4 Å². The second-order valence-electron chi connectivity index (χ2n) is 4.82. The Labute approximate surface area is 103 Å². The van der Waals surface area contributed by atoms with Crippen molar-refractivity contribution in [1.82, 2.24) is 10.6 Å². The molecule has 0 saturated heterocycles. The second kappa shape index (κ2) is 6.59. The molecular formula is C12H23N3O2. The zero-order chi connectivity index (χ0) is 12.8. The van der Waals surface area contributed by atoms with Crippen molar-refractivity contribution >= 4 is 11.8 Å². The van der Waals surface area contributed by atoms with Gasteiger partial charge in [-0.15, -0.1) is 0 Å². The molecule has 17 heavy (non-hydrogen) atoms. The summed E-state index contributed by atoms with van der Waals surface area (Å²) in [5.74, 6) is -0.523. The number of rotatable bonds is 5. The van der Waals surface area contributed by atoms with Crippen LogP contribution in [0.15, 0.2) is 0 Å². The van der Waals surface area contributed by atoms with E-state index >= 15 is 0 Å². The van der Waals surface area contributed by atoms with E-state index in [1.54, 1.807) is 0 Å². The van der Waals surface area contributed by atoms with Crippen LogP contribution in [-0.4, -0.2) is 30.4 Å². The summed E-state index contributed by atoms with van der Waals surface area (Å²) in [6.07, 6.45) is 4.47. The first-order valence-corrected chi connectivity index (χ1v) is 6.32. The largest absolute Gasteiger partial charge is 0.353 e. The summed E-state index contributed by atoms with van der Waals surface area (Å²) < 4.78 is 0. The summed E-state index contributed by atoms with van der Waals surface area (Å²) in [6, 6.07) is 0.0694. The Morgan fingerprint density at radius 1 is 1.35 bits per heavy atom. The maximum absolute atomic E-state index is 12.0. The molecule has 4 N–H and O–H groups in total. The smallest absolute Gasteiger partial charge is 0.226 e. The number of hydrogen-bond acceptors (Lipinski definition) is 3. The van der Waals surface area contributed by atoms with E-state index in [0.717, 1.165) is 12.8 Å². The maximum atomic E-state index is 12.0. The van der Waals surface area contributed by atoms with E-state index in [-0.39, 0.29) is 30.3 Å². The maximum Gasteiger partial charge on any atom is 0.226 e. The first-order chi connectivity index (χ1) is 8.04. The second-order valence-corrected chi connectivity index (χ2v) is 4.82. The Morgan fingerprint density at radius 3 is 2.41 bits per heavy atom. The number of carbonyl (C=O) groups is 2. The molecule has 1 fully saturated rings. The van der Waals surface area contributed by atoms with Gasteiger partial charge >= 0.3 is 0 Å². The normalized spacial score (nSPS) is 19.7. The molecule has 0 radical (unpaired) electrons. The molecule has 0 aromatic carbocycles. The summed E-state index contributed by atoms with van der Waals surface area (Å²) in [4.78, 5) is 23.0. The Hall–Kier alpha value is -1.10. The van der Waals surface area contributed by atoms with Crippen molar-refractivity contribution in [1.29, 1.82) is 0 Å². The molecule has 5 nitrogen and oxygen atoms in total. The lowest BCUT2D eigenvalue weighted by atomic mass is 9.99. The zero-order valence-corrected chi connectivity index (χ0v) is 10.7. The van der Waals surface area contributed by atoms with Gasteiger partial charge in [0, 0.05) is 25.6 Å². The van der Waals surface area contributed by atoms with Crippen molar-refractivity contribution in [3.8, 4) is 0 Å². The molecule has 5 heteroatoms. The van der Waals surface area contributed by atoms with E-state index in [1.165, 1.54) is 19.8 Å².